The third-order valence-electron chi connectivity index (χ3n) is 4.33. The van der Waals surface area contributed by atoms with Gasteiger partial charge in [-0.1, -0.05) is 29.5 Å². The highest BCUT2D eigenvalue weighted by molar-refractivity contribution is 8.14. The van der Waals surface area contributed by atoms with Gasteiger partial charge in [-0.15, -0.1) is 5.10 Å². The Morgan fingerprint density at radius 3 is 2.55 bits per heavy atom. The molecule has 0 fully saturated rings. The van der Waals surface area contributed by atoms with Crippen molar-refractivity contribution in [2.75, 3.05) is 20.3 Å². The molecule has 1 heterocycles. The van der Waals surface area contributed by atoms with Gasteiger partial charge in [0.15, 0.2) is 5.17 Å². The lowest BCUT2D eigenvalue weighted by atomic mass is 10.1. The Kier molecular flexibility index (Phi) is 7.41. The maximum atomic E-state index is 12.1. The van der Waals surface area contributed by atoms with Gasteiger partial charge in [0.05, 0.1) is 7.11 Å². The highest BCUT2D eigenvalue weighted by Gasteiger charge is 2.34. The zero-order valence-electron chi connectivity index (χ0n) is 17.9. The quantitative estimate of drug-likeness (QED) is 0.659. The molecule has 0 saturated carbocycles. The van der Waals surface area contributed by atoms with Crippen LogP contribution in [0.4, 0.5) is 0 Å². The summed E-state index contributed by atoms with van der Waals surface area (Å²) in [7, 11) is 1.60. The van der Waals surface area contributed by atoms with Crippen molar-refractivity contribution in [3.8, 4) is 17.2 Å². The van der Waals surface area contributed by atoms with Gasteiger partial charge in [-0.25, -0.2) is 5.01 Å². The van der Waals surface area contributed by atoms with Crippen molar-refractivity contribution in [2.45, 2.75) is 26.1 Å². The Labute approximate surface area is 185 Å². The minimum Gasteiger partial charge on any atom is -0.497 e. The van der Waals surface area contributed by atoms with Crippen LogP contribution in [0.3, 0.4) is 0 Å². The molecule has 8 nitrogen and oxygen atoms in total. The maximum Gasteiger partial charge on any atom is 0.241 e. The largest absolute Gasteiger partial charge is 0.497 e. The Morgan fingerprint density at radius 1 is 1.10 bits per heavy atom. The number of hydrogen-bond donors (Lipinski definition) is 1. The van der Waals surface area contributed by atoms with Gasteiger partial charge in [-0.05, 0) is 31.2 Å². The van der Waals surface area contributed by atoms with E-state index in [1.165, 1.54) is 30.6 Å². The number of amidine groups is 1. The molecule has 0 spiro atoms. The van der Waals surface area contributed by atoms with E-state index in [0.29, 0.717) is 29.9 Å². The van der Waals surface area contributed by atoms with Crippen LogP contribution in [0.5, 0.6) is 17.2 Å². The second-order valence-electron chi connectivity index (χ2n) is 6.84. The number of carbonyl (C=O) groups is 2. The number of nitrogens with zero attached hydrogens (tertiary/aromatic N) is 2. The summed E-state index contributed by atoms with van der Waals surface area (Å²) in [4.78, 5) is 23.6. The van der Waals surface area contributed by atoms with E-state index in [2.05, 4.69) is 10.4 Å². The molecule has 1 aliphatic heterocycles. The van der Waals surface area contributed by atoms with Crippen molar-refractivity contribution in [1.82, 2.24) is 10.3 Å². The average molecular weight is 444 g/mol. The van der Waals surface area contributed by atoms with Crippen molar-refractivity contribution < 1.29 is 23.8 Å². The van der Waals surface area contributed by atoms with E-state index in [0.717, 1.165) is 16.9 Å². The molecule has 1 aliphatic rings. The molecule has 0 saturated heterocycles. The topological polar surface area (TPSA) is 89.5 Å². The van der Waals surface area contributed by atoms with Gasteiger partial charge >= 0.3 is 0 Å². The summed E-state index contributed by atoms with van der Waals surface area (Å²) in [6.07, 6.45) is 0. The smallest absolute Gasteiger partial charge is 0.241 e. The number of thioether (sulfide) groups is 1. The molecule has 1 N–H and O–H groups in total. The van der Waals surface area contributed by atoms with E-state index >= 15 is 0 Å². The highest BCUT2D eigenvalue weighted by Crippen LogP contribution is 2.42. The van der Waals surface area contributed by atoms with Crippen molar-refractivity contribution in [3.63, 3.8) is 0 Å². The molecule has 2 aromatic carbocycles. The van der Waals surface area contributed by atoms with Crippen LogP contribution in [0.15, 0.2) is 47.6 Å². The molecular formula is C22H25N3O5S. The monoisotopic (exact) mass is 443 g/mol. The van der Waals surface area contributed by atoms with Gasteiger partial charge in [0.2, 0.25) is 11.8 Å². The summed E-state index contributed by atoms with van der Waals surface area (Å²) in [5.41, 5.74) is 1.82. The Bertz CT molecular complexity index is 995. The maximum absolute atomic E-state index is 12.1. The SMILES string of the molecule is COc1cccc(OCCOc2ccc(C)cc2[C@@H]2SC(NC(C)=O)=NN2C(C)=O)c1. The second kappa shape index (κ2) is 10.2. The van der Waals surface area contributed by atoms with Crippen molar-refractivity contribution in [2.24, 2.45) is 5.10 Å². The van der Waals surface area contributed by atoms with Crippen LogP contribution in [0.2, 0.25) is 0 Å². The van der Waals surface area contributed by atoms with Crippen LogP contribution in [-0.4, -0.2) is 42.3 Å². The number of methoxy groups -OCH3 is 1. The predicted octanol–water partition coefficient (Wildman–Crippen LogP) is 3.46. The molecule has 0 aliphatic carbocycles. The summed E-state index contributed by atoms with van der Waals surface area (Å²) >= 11 is 1.29. The fourth-order valence-corrected chi connectivity index (χ4v) is 4.12. The van der Waals surface area contributed by atoms with Crippen molar-refractivity contribution in [1.29, 1.82) is 0 Å². The summed E-state index contributed by atoms with van der Waals surface area (Å²) in [6.45, 7) is 5.45. The number of amides is 2. The van der Waals surface area contributed by atoms with Crippen LogP contribution < -0.4 is 19.5 Å². The third-order valence-corrected chi connectivity index (χ3v) is 5.42. The standard InChI is InChI=1S/C22H25N3O5S/c1-14-8-9-20(30-11-10-29-18-7-5-6-17(13-18)28-4)19(12-14)21-25(16(3)27)24-22(31-21)23-15(2)26/h5-9,12-13,21H,10-11H2,1-4H3,(H,23,24,26)/t21-/m0/s1. The number of nitrogens with one attached hydrogen (secondary N) is 1. The first-order chi connectivity index (χ1) is 14.9. The lowest BCUT2D eigenvalue weighted by molar-refractivity contribution is -0.129. The first-order valence-corrected chi connectivity index (χ1v) is 10.6. The molecule has 9 heteroatoms. The van der Waals surface area contributed by atoms with E-state index < -0.39 is 5.37 Å². The first-order valence-electron chi connectivity index (χ1n) is 9.70. The fraction of sp³-hybridized carbons (Fsp3) is 0.318. The van der Waals surface area contributed by atoms with Crippen LogP contribution in [0, 0.1) is 6.92 Å². The number of rotatable bonds is 7. The first kappa shape index (κ1) is 22.5. The Hall–Kier alpha value is -3.20. The van der Waals surface area contributed by atoms with Crippen LogP contribution >= 0.6 is 11.8 Å². The van der Waals surface area contributed by atoms with E-state index in [1.807, 2.05) is 43.3 Å². The fourth-order valence-electron chi connectivity index (χ4n) is 2.96. The van der Waals surface area contributed by atoms with Gasteiger partial charge in [0, 0.05) is 25.5 Å². The van der Waals surface area contributed by atoms with Gasteiger partial charge in [0.1, 0.15) is 35.8 Å². The minimum atomic E-state index is -0.437. The Morgan fingerprint density at radius 2 is 1.84 bits per heavy atom. The number of benzene rings is 2. The zero-order chi connectivity index (χ0) is 22.4. The average Bonchev–Trinajstić information content (AvgIpc) is 3.15. The molecule has 31 heavy (non-hydrogen) atoms. The molecule has 0 aromatic heterocycles. The molecular weight excluding hydrogens is 418 g/mol. The van der Waals surface area contributed by atoms with Crippen LogP contribution in [0.1, 0.15) is 30.3 Å². The van der Waals surface area contributed by atoms with Crippen LogP contribution in [-0.2, 0) is 9.59 Å². The number of aryl methyl sites for hydroxylation is 1. The normalized spacial score (nSPS) is 15.3. The molecule has 3 rings (SSSR count). The Balaban J connectivity index is 1.70. The predicted molar refractivity (Wildman–Crippen MR) is 119 cm³/mol. The van der Waals surface area contributed by atoms with E-state index in [9.17, 15) is 9.59 Å². The summed E-state index contributed by atoms with van der Waals surface area (Å²) in [5, 5.41) is 8.19. The van der Waals surface area contributed by atoms with Crippen LogP contribution in [0.25, 0.3) is 0 Å². The molecule has 2 amide bonds. The summed E-state index contributed by atoms with van der Waals surface area (Å²) in [5.74, 6) is 1.56. The zero-order valence-corrected chi connectivity index (χ0v) is 18.7. The molecule has 0 radical (unpaired) electrons. The third kappa shape index (κ3) is 5.91. The number of hydrogen-bond acceptors (Lipinski definition) is 7. The molecule has 0 unspecified atom stereocenters. The lowest BCUT2D eigenvalue weighted by Crippen LogP contribution is -2.25. The molecule has 0 bridgehead atoms. The van der Waals surface area contributed by atoms with Gasteiger partial charge in [-0.2, -0.15) is 0 Å². The summed E-state index contributed by atoms with van der Waals surface area (Å²) < 4.78 is 16.9. The molecule has 164 valence electrons. The van der Waals surface area contributed by atoms with Gasteiger partial charge in [0.25, 0.3) is 0 Å². The lowest BCUT2D eigenvalue weighted by Gasteiger charge is -2.22. The van der Waals surface area contributed by atoms with Gasteiger partial charge < -0.3 is 19.5 Å². The highest BCUT2D eigenvalue weighted by atomic mass is 32.2. The van der Waals surface area contributed by atoms with Gasteiger partial charge in [-0.3, -0.25) is 9.59 Å². The van der Waals surface area contributed by atoms with E-state index in [4.69, 9.17) is 14.2 Å². The molecule has 1 atom stereocenters. The van der Waals surface area contributed by atoms with Crippen molar-refractivity contribution in [3.05, 3.63) is 53.6 Å². The van der Waals surface area contributed by atoms with E-state index in [-0.39, 0.29) is 11.8 Å². The van der Waals surface area contributed by atoms with E-state index in [1.54, 1.807) is 13.2 Å². The van der Waals surface area contributed by atoms with Crippen molar-refractivity contribution >= 4 is 28.7 Å². The number of ether oxygens (including phenoxy) is 3. The number of carbonyl (C=O) groups excluding carboxylic acids is 2. The second-order valence-corrected chi connectivity index (χ2v) is 7.91. The minimum absolute atomic E-state index is 0.230. The molecule has 2 aromatic rings. The number of hydrazone groups is 1. The summed E-state index contributed by atoms with van der Waals surface area (Å²) in [6, 6.07) is 13.1.